The van der Waals surface area contributed by atoms with E-state index in [-0.39, 0.29) is 30.8 Å². The van der Waals surface area contributed by atoms with Crippen molar-refractivity contribution < 1.29 is 18.4 Å². The Labute approximate surface area is 209 Å². The fourth-order valence-electron chi connectivity index (χ4n) is 5.08. The van der Waals surface area contributed by atoms with Gasteiger partial charge in [0.15, 0.2) is 0 Å². The van der Waals surface area contributed by atoms with Crippen molar-refractivity contribution >= 4 is 22.7 Å². The quantitative estimate of drug-likeness (QED) is 0.337. The van der Waals surface area contributed by atoms with Crippen LogP contribution in [0, 0.1) is 5.82 Å². The molecule has 0 unspecified atom stereocenters. The first-order valence-corrected chi connectivity index (χ1v) is 12.5. The summed E-state index contributed by atoms with van der Waals surface area (Å²) in [5.74, 6) is -0.302. The largest absolute Gasteiger partial charge is 0.467 e. The zero-order valence-corrected chi connectivity index (χ0v) is 20.1. The third-order valence-corrected chi connectivity index (χ3v) is 6.94. The molecule has 1 saturated carbocycles. The fourth-order valence-corrected chi connectivity index (χ4v) is 5.08. The van der Waals surface area contributed by atoms with E-state index in [1.807, 2.05) is 30.5 Å². The predicted molar refractivity (Wildman–Crippen MR) is 135 cm³/mol. The number of carbonyl (C=O) groups is 2. The molecule has 5 rings (SSSR count). The normalized spacial score (nSPS) is 15.0. The second kappa shape index (κ2) is 10.8. The molecule has 6 nitrogen and oxygen atoms in total. The van der Waals surface area contributed by atoms with Crippen LogP contribution in [0.25, 0.3) is 10.9 Å². The molecular weight excluding hydrogens is 457 g/mol. The van der Waals surface area contributed by atoms with Crippen LogP contribution in [-0.4, -0.2) is 27.7 Å². The van der Waals surface area contributed by atoms with E-state index < -0.39 is 11.9 Å². The number of fused-ring (bicyclic) bond motifs is 1. The van der Waals surface area contributed by atoms with Crippen molar-refractivity contribution in [1.29, 1.82) is 0 Å². The third kappa shape index (κ3) is 5.35. The lowest BCUT2D eigenvalue weighted by Crippen LogP contribution is -2.47. The zero-order valence-electron chi connectivity index (χ0n) is 20.1. The lowest BCUT2D eigenvalue weighted by molar-refractivity contribution is -0.141. The summed E-state index contributed by atoms with van der Waals surface area (Å²) in [6.45, 7) is 0.119. The first-order valence-electron chi connectivity index (χ1n) is 12.5. The van der Waals surface area contributed by atoms with Gasteiger partial charge in [-0.15, -0.1) is 0 Å². The monoisotopic (exact) mass is 487 g/mol. The van der Waals surface area contributed by atoms with Crippen molar-refractivity contribution in [2.75, 3.05) is 0 Å². The van der Waals surface area contributed by atoms with Gasteiger partial charge in [0.05, 0.1) is 19.2 Å². The van der Waals surface area contributed by atoms with Gasteiger partial charge in [-0.05, 0) is 54.3 Å². The topological polar surface area (TPSA) is 78.3 Å². The standard InChI is InChI=1S/C29H30FN3O3/c30-22-14-12-20(13-15-22)28(29(35)32-23-7-2-1-3-8-23)33(19-24-9-6-16-36-24)27(34)17-21-18-31-26-11-5-4-10-25(21)26/h4-6,9-16,18,23,28,31H,1-3,7-8,17,19H2,(H,32,35)/t28-/m1/s1. The Morgan fingerprint density at radius 1 is 1.03 bits per heavy atom. The minimum atomic E-state index is -0.921. The maximum absolute atomic E-state index is 13.9. The van der Waals surface area contributed by atoms with Crippen molar-refractivity contribution in [3.63, 3.8) is 0 Å². The molecule has 0 radical (unpaired) electrons. The Hall–Kier alpha value is -3.87. The van der Waals surface area contributed by atoms with Crippen LogP contribution in [0.15, 0.2) is 77.5 Å². The molecule has 0 aliphatic heterocycles. The number of aromatic amines is 1. The molecule has 2 amide bonds. The molecule has 2 aromatic carbocycles. The Bertz CT molecular complexity index is 1310. The highest BCUT2D eigenvalue weighted by Crippen LogP contribution is 2.28. The highest BCUT2D eigenvalue weighted by atomic mass is 19.1. The van der Waals surface area contributed by atoms with E-state index in [9.17, 15) is 14.0 Å². The van der Waals surface area contributed by atoms with Gasteiger partial charge in [-0.1, -0.05) is 49.6 Å². The number of aromatic nitrogens is 1. The van der Waals surface area contributed by atoms with Crippen molar-refractivity contribution in [2.45, 2.75) is 57.2 Å². The van der Waals surface area contributed by atoms with E-state index in [2.05, 4.69) is 10.3 Å². The molecule has 2 N–H and O–H groups in total. The molecule has 1 fully saturated rings. The number of hydrogen-bond donors (Lipinski definition) is 2. The first-order chi connectivity index (χ1) is 17.6. The molecule has 0 bridgehead atoms. The van der Waals surface area contributed by atoms with Crippen LogP contribution in [0.3, 0.4) is 0 Å². The van der Waals surface area contributed by atoms with Gasteiger partial charge < -0.3 is 19.6 Å². The van der Waals surface area contributed by atoms with Crippen LogP contribution in [0.4, 0.5) is 4.39 Å². The van der Waals surface area contributed by atoms with Gasteiger partial charge in [-0.3, -0.25) is 9.59 Å². The second-order valence-corrected chi connectivity index (χ2v) is 9.43. The Morgan fingerprint density at radius 2 is 1.81 bits per heavy atom. The molecule has 1 atom stereocenters. The lowest BCUT2D eigenvalue weighted by atomic mass is 9.94. The van der Waals surface area contributed by atoms with Crippen LogP contribution >= 0.6 is 0 Å². The van der Waals surface area contributed by atoms with Gasteiger partial charge >= 0.3 is 0 Å². The van der Waals surface area contributed by atoms with Gasteiger partial charge in [0.25, 0.3) is 0 Å². The number of halogens is 1. The first kappa shape index (κ1) is 23.9. The molecule has 4 aromatic rings. The summed E-state index contributed by atoms with van der Waals surface area (Å²) in [5.41, 5.74) is 2.36. The molecule has 0 spiro atoms. The number of nitrogens with one attached hydrogen (secondary N) is 2. The average Bonchev–Trinajstić information content (AvgIpc) is 3.56. The lowest BCUT2D eigenvalue weighted by Gasteiger charge is -2.33. The number of hydrogen-bond acceptors (Lipinski definition) is 3. The Kier molecular flexibility index (Phi) is 7.16. The van der Waals surface area contributed by atoms with E-state index in [4.69, 9.17) is 4.42 Å². The molecule has 2 heterocycles. The summed E-state index contributed by atoms with van der Waals surface area (Å²) in [7, 11) is 0. The minimum Gasteiger partial charge on any atom is -0.467 e. The highest BCUT2D eigenvalue weighted by molar-refractivity contribution is 5.92. The smallest absolute Gasteiger partial charge is 0.247 e. The van der Waals surface area contributed by atoms with E-state index >= 15 is 0 Å². The molecule has 1 aliphatic rings. The summed E-state index contributed by atoms with van der Waals surface area (Å²) in [5, 5.41) is 4.14. The van der Waals surface area contributed by atoms with E-state index in [1.54, 1.807) is 35.4 Å². The Balaban J connectivity index is 1.49. The molecule has 36 heavy (non-hydrogen) atoms. The van der Waals surface area contributed by atoms with Gasteiger partial charge in [0, 0.05) is 23.1 Å². The minimum absolute atomic E-state index is 0.0726. The molecule has 186 valence electrons. The van der Waals surface area contributed by atoms with Crippen LogP contribution in [0.5, 0.6) is 0 Å². The third-order valence-electron chi connectivity index (χ3n) is 6.94. The van der Waals surface area contributed by atoms with E-state index in [1.165, 1.54) is 18.6 Å². The van der Waals surface area contributed by atoms with Crippen molar-refractivity contribution in [3.05, 3.63) is 95.8 Å². The molecule has 7 heteroatoms. The number of carbonyl (C=O) groups excluding carboxylic acids is 2. The number of rotatable bonds is 8. The summed E-state index contributed by atoms with van der Waals surface area (Å²) >= 11 is 0. The predicted octanol–water partition coefficient (Wildman–Crippen LogP) is 5.66. The zero-order chi connectivity index (χ0) is 24.9. The van der Waals surface area contributed by atoms with Gasteiger partial charge in [-0.2, -0.15) is 0 Å². The van der Waals surface area contributed by atoms with Crippen LogP contribution in [0.2, 0.25) is 0 Å². The van der Waals surface area contributed by atoms with Crippen molar-refractivity contribution in [3.8, 4) is 0 Å². The summed E-state index contributed by atoms with van der Waals surface area (Å²) in [4.78, 5) is 32.4. The van der Waals surface area contributed by atoms with Crippen molar-refractivity contribution in [2.24, 2.45) is 0 Å². The van der Waals surface area contributed by atoms with Crippen LogP contribution < -0.4 is 5.32 Å². The summed E-state index contributed by atoms with van der Waals surface area (Å²) < 4.78 is 19.4. The maximum Gasteiger partial charge on any atom is 0.247 e. The number of amides is 2. The second-order valence-electron chi connectivity index (χ2n) is 9.43. The maximum atomic E-state index is 13.9. The van der Waals surface area contributed by atoms with E-state index in [0.717, 1.165) is 42.1 Å². The average molecular weight is 488 g/mol. The molecule has 2 aromatic heterocycles. The SMILES string of the molecule is O=C(NC1CCCCC1)[C@@H](c1ccc(F)cc1)N(Cc1ccco1)C(=O)Cc1c[nH]c2ccccc12. The molecular formula is C29H30FN3O3. The Morgan fingerprint density at radius 3 is 2.56 bits per heavy atom. The van der Waals surface area contributed by atoms with Crippen molar-refractivity contribution in [1.82, 2.24) is 15.2 Å². The molecule has 1 aliphatic carbocycles. The summed E-state index contributed by atoms with van der Waals surface area (Å²) in [6.07, 6.45) is 8.64. The van der Waals surface area contributed by atoms with Gasteiger partial charge in [-0.25, -0.2) is 4.39 Å². The molecule has 0 saturated heterocycles. The fraction of sp³-hybridized carbons (Fsp3) is 0.310. The summed E-state index contributed by atoms with van der Waals surface area (Å²) in [6, 6.07) is 16.3. The number of benzene rings is 2. The number of nitrogens with zero attached hydrogens (tertiary/aromatic N) is 1. The van der Waals surface area contributed by atoms with Crippen LogP contribution in [-0.2, 0) is 22.6 Å². The van der Waals surface area contributed by atoms with Crippen LogP contribution in [0.1, 0.15) is 55.0 Å². The number of H-pyrrole nitrogens is 1. The number of furan rings is 1. The van der Waals surface area contributed by atoms with E-state index in [0.29, 0.717) is 11.3 Å². The van der Waals surface area contributed by atoms with Gasteiger partial charge in [0.2, 0.25) is 11.8 Å². The highest BCUT2D eigenvalue weighted by Gasteiger charge is 2.33. The number of para-hydroxylation sites is 1. The van der Waals surface area contributed by atoms with Gasteiger partial charge in [0.1, 0.15) is 17.6 Å².